The van der Waals surface area contributed by atoms with Gasteiger partial charge in [0.15, 0.2) is 0 Å². The topological polar surface area (TPSA) is 96.1 Å². The van der Waals surface area contributed by atoms with Gasteiger partial charge in [-0.15, -0.1) is 0 Å². The molecule has 0 spiro atoms. The molecule has 1 unspecified atom stereocenters. The van der Waals surface area contributed by atoms with Crippen molar-refractivity contribution in [3.63, 3.8) is 0 Å². The van der Waals surface area contributed by atoms with Crippen molar-refractivity contribution in [1.82, 2.24) is 0 Å². The van der Waals surface area contributed by atoms with E-state index in [9.17, 15) is 4.79 Å². The summed E-state index contributed by atoms with van der Waals surface area (Å²) in [5, 5.41) is 9.36. The van der Waals surface area contributed by atoms with Gasteiger partial charge < -0.3 is 16.4 Å². The summed E-state index contributed by atoms with van der Waals surface area (Å²) in [5.41, 5.74) is 12.5. The largest absolute Gasteiger partial charge is 0.397 e. The number of carbonyl (C=O) groups excluding carboxylic acids is 1. The van der Waals surface area contributed by atoms with Crippen LogP contribution in [0.2, 0.25) is 5.02 Å². The molecule has 88 valence electrons. The third kappa shape index (κ3) is 1.93. The monoisotopic (exact) mass is 250 g/mol. The highest BCUT2D eigenvalue weighted by molar-refractivity contribution is 6.32. The van der Waals surface area contributed by atoms with Crippen LogP contribution >= 0.6 is 11.6 Å². The molecule has 0 bridgehead atoms. The van der Waals surface area contributed by atoms with Gasteiger partial charge in [0.05, 0.1) is 22.0 Å². The Hall–Kier alpha value is -1.77. The van der Waals surface area contributed by atoms with E-state index in [2.05, 4.69) is 0 Å². The van der Waals surface area contributed by atoms with E-state index in [-0.39, 0.29) is 29.0 Å². The number of amides is 1. The van der Waals surface area contributed by atoms with Gasteiger partial charge in [0.25, 0.3) is 0 Å². The van der Waals surface area contributed by atoms with Gasteiger partial charge in [0.1, 0.15) is 6.07 Å². The van der Waals surface area contributed by atoms with Crippen molar-refractivity contribution in [3.8, 4) is 6.07 Å². The first-order chi connectivity index (χ1) is 8.04. The maximum Gasteiger partial charge on any atom is 0.228 e. The van der Waals surface area contributed by atoms with Gasteiger partial charge in [-0.1, -0.05) is 11.6 Å². The van der Waals surface area contributed by atoms with Crippen molar-refractivity contribution in [1.29, 1.82) is 5.26 Å². The van der Waals surface area contributed by atoms with Crippen LogP contribution in [0.1, 0.15) is 12.0 Å². The number of nitrogens with zero attached hydrogens (tertiary/aromatic N) is 2. The zero-order chi connectivity index (χ0) is 12.6. The van der Waals surface area contributed by atoms with E-state index >= 15 is 0 Å². The van der Waals surface area contributed by atoms with E-state index in [1.807, 2.05) is 6.07 Å². The first kappa shape index (κ1) is 11.7. The van der Waals surface area contributed by atoms with Crippen LogP contribution in [0.15, 0.2) is 12.1 Å². The van der Waals surface area contributed by atoms with Crippen LogP contribution in [-0.2, 0) is 4.79 Å². The van der Waals surface area contributed by atoms with Crippen LogP contribution in [0, 0.1) is 11.3 Å². The summed E-state index contributed by atoms with van der Waals surface area (Å²) in [6, 6.07) is 4.86. The molecule has 0 aliphatic carbocycles. The molecule has 0 saturated carbocycles. The van der Waals surface area contributed by atoms with Crippen LogP contribution in [0.5, 0.6) is 0 Å². The fourth-order valence-corrected chi connectivity index (χ4v) is 2.13. The fraction of sp³-hybridized carbons (Fsp3) is 0.273. The highest BCUT2D eigenvalue weighted by Gasteiger charge is 2.31. The van der Waals surface area contributed by atoms with Gasteiger partial charge in [0, 0.05) is 19.0 Å². The third-order valence-corrected chi connectivity index (χ3v) is 3.01. The van der Waals surface area contributed by atoms with Crippen LogP contribution in [0.3, 0.4) is 0 Å². The van der Waals surface area contributed by atoms with Crippen molar-refractivity contribution in [2.45, 2.75) is 12.5 Å². The smallest absolute Gasteiger partial charge is 0.228 e. The molecule has 1 atom stereocenters. The Bertz CT molecular complexity index is 523. The standard InChI is InChI=1S/C11H11ClN4O/c12-8-1-2-9(15)11(7(8)4-13)16-5-6(14)3-10(16)17/h1-2,6H,3,5,14-15H2. The molecule has 1 aromatic rings. The van der Waals surface area contributed by atoms with Crippen LogP contribution in [-0.4, -0.2) is 18.5 Å². The highest BCUT2D eigenvalue weighted by atomic mass is 35.5. The molecule has 1 aliphatic rings. The lowest BCUT2D eigenvalue weighted by Crippen LogP contribution is -2.29. The van der Waals surface area contributed by atoms with Crippen LogP contribution in [0.25, 0.3) is 0 Å². The number of nitrogen functional groups attached to an aromatic ring is 1. The lowest BCUT2D eigenvalue weighted by atomic mass is 10.1. The number of hydrogen-bond donors (Lipinski definition) is 2. The lowest BCUT2D eigenvalue weighted by Gasteiger charge is -2.20. The average molecular weight is 251 g/mol. The molecule has 1 fully saturated rings. The van der Waals surface area contributed by atoms with Gasteiger partial charge in [-0.25, -0.2) is 0 Å². The minimum Gasteiger partial charge on any atom is -0.397 e. The highest BCUT2D eigenvalue weighted by Crippen LogP contribution is 2.34. The molecule has 1 heterocycles. The molecule has 1 saturated heterocycles. The minimum atomic E-state index is -0.229. The summed E-state index contributed by atoms with van der Waals surface area (Å²) in [6.45, 7) is 0.359. The normalized spacial score (nSPS) is 19.5. The van der Waals surface area contributed by atoms with Gasteiger partial charge in [-0.05, 0) is 12.1 Å². The third-order valence-electron chi connectivity index (χ3n) is 2.69. The maximum absolute atomic E-state index is 11.8. The predicted molar refractivity (Wildman–Crippen MR) is 65.5 cm³/mol. The number of nitriles is 1. The number of halogens is 1. The van der Waals surface area contributed by atoms with Gasteiger partial charge in [-0.3, -0.25) is 4.79 Å². The van der Waals surface area contributed by atoms with E-state index in [0.29, 0.717) is 17.9 Å². The van der Waals surface area contributed by atoms with Crippen LogP contribution in [0.4, 0.5) is 11.4 Å². The molecule has 0 radical (unpaired) electrons. The Morgan fingerprint density at radius 2 is 2.24 bits per heavy atom. The quantitative estimate of drug-likeness (QED) is 0.723. The molecule has 17 heavy (non-hydrogen) atoms. The Labute approximate surface area is 104 Å². The SMILES string of the molecule is N#Cc1c(Cl)ccc(N)c1N1CC(N)CC1=O. The van der Waals surface area contributed by atoms with E-state index in [1.54, 1.807) is 12.1 Å². The van der Waals surface area contributed by atoms with Crippen molar-refractivity contribution in [2.24, 2.45) is 5.73 Å². The Balaban J connectivity index is 2.56. The molecule has 1 aliphatic heterocycles. The number of anilines is 2. The van der Waals surface area contributed by atoms with E-state index in [1.165, 1.54) is 4.90 Å². The van der Waals surface area contributed by atoms with E-state index in [4.69, 9.17) is 28.3 Å². The molecular formula is C11H11ClN4O. The maximum atomic E-state index is 11.8. The van der Waals surface area contributed by atoms with Gasteiger partial charge in [0.2, 0.25) is 5.91 Å². The second-order valence-corrected chi connectivity index (χ2v) is 4.35. The van der Waals surface area contributed by atoms with Crippen molar-refractivity contribution >= 4 is 28.9 Å². The molecule has 2 rings (SSSR count). The number of hydrogen-bond acceptors (Lipinski definition) is 4. The molecule has 4 N–H and O–H groups in total. The summed E-state index contributed by atoms with van der Waals surface area (Å²) in [7, 11) is 0. The number of benzene rings is 1. The lowest BCUT2D eigenvalue weighted by molar-refractivity contribution is -0.117. The second kappa shape index (κ2) is 4.24. The predicted octanol–water partition coefficient (Wildman–Crippen LogP) is 0.858. The van der Waals surface area contributed by atoms with Gasteiger partial charge in [-0.2, -0.15) is 5.26 Å². The molecular weight excluding hydrogens is 240 g/mol. The minimum absolute atomic E-state index is 0.136. The molecule has 0 aromatic heterocycles. The summed E-state index contributed by atoms with van der Waals surface area (Å²) < 4.78 is 0. The van der Waals surface area contributed by atoms with Gasteiger partial charge >= 0.3 is 0 Å². The van der Waals surface area contributed by atoms with E-state index in [0.717, 1.165) is 0 Å². The number of carbonyl (C=O) groups is 1. The molecule has 5 nitrogen and oxygen atoms in total. The zero-order valence-electron chi connectivity index (χ0n) is 8.98. The summed E-state index contributed by atoms with van der Waals surface area (Å²) in [6.07, 6.45) is 0.261. The molecule has 1 aromatic carbocycles. The van der Waals surface area contributed by atoms with Crippen molar-refractivity contribution in [3.05, 3.63) is 22.7 Å². The average Bonchev–Trinajstić information content (AvgIpc) is 2.60. The second-order valence-electron chi connectivity index (χ2n) is 3.94. The van der Waals surface area contributed by atoms with E-state index < -0.39 is 0 Å². The Kier molecular flexibility index (Phi) is 2.92. The number of rotatable bonds is 1. The summed E-state index contributed by atoms with van der Waals surface area (Å²) >= 11 is 5.92. The summed E-state index contributed by atoms with van der Waals surface area (Å²) in [5.74, 6) is -0.136. The van der Waals surface area contributed by atoms with Crippen molar-refractivity contribution in [2.75, 3.05) is 17.2 Å². The zero-order valence-corrected chi connectivity index (χ0v) is 9.74. The Morgan fingerprint density at radius 3 is 2.76 bits per heavy atom. The molecule has 1 amide bonds. The first-order valence-corrected chi connectivity index (χ1v) is 5.46. The van der Waals surface area contributed by atoms with Crippen LogP contribution < -0.4 is 16.4 Å². The first-order valence-electron chi connectivity index (χ1n) is 5.08. The number of nitrogens with two attached hydrogens (primary N) is 2. The Morgan fingerprint density at radius 1 is 1.53 bits per heavy atom. The van der Waals surface area contributed by atoms with Crippen molar-refractivity contribution < 1.29 is 4.79 Å². The molecule has 6 heteroatoms. The summed E-state index contributed by atoms with van der Waals surface area (Å²) in [4.78, 5) is 13.2. The fourth-order valence-electron chi connectivity index (χ4n) is 1.93.